The molecule has 2 aromatic heterocycles. The highest BCUT2D eigenvalue weighted by Crippen LogP contribution is 2.29. The average Bonchev–Trinajstić information content (AvgIpc) is 2.99. The Morgan fingerprint density at radius 1 is 1.35 bits per heavy atom. The minimum atomic E-state index is -1.42. The number of fused-ring (bicyclic) bond motifs is 1. The van der Waals surface area contributed by atoms with Crippen LogP contribution in [0.4, 0.5) is 0 Å². The summed E-state index contributed by atoms with van der Waals surface area (Å²) in [6.45, 7) is -0.513. The van der Waals surface area contributed by atoms with Crippen LogP contribution in [0.5, 0.6) is 0 Å². The molecule has 1 aliphatic rings. The number of rotatable bonds is 2. The van der Waals surface area contributed by atoms with E-state index in [9.17, 15) is 19.8 Å². The van der Waals surface area contributed by atoms with E-state index < -0.39 is 42.4 Å². The second-order valence-corrected chi connectivity index (χ2v) is 4.49. The molecule has 0 bridgehead atoms. The molecule has 0 aliphatic carbocycles. The number of aromatic amines is 2. The first-order valence-corrected chi connectivity index (χ1v) is 5.85. The molecule has 4 atom stereocenters. The molecule has 10 heteroatoms. The fourth-order valence-electron chi connectivity index (χ4n) is 2.30. The summed E-state index contributed by atoms with van der Waals surface area (Å²) in [5.41, 5.74) is -1.28. The second kappa shape index (κ2) is 4.52. The van der Waals surface area contributed by atoms with Crippen LogP contribution in [0.15, 0.2) is 15.8 Å². The quantitative estimate of drug-likeness (QED) is 0.394. The van der Waals surface area contributed by atoms with Crippen molar-refractivity contribution in [3.8, 4) is 0 Å². The van der Waals surface area contributed by atoms with Gasteiger partial charge >= 0.3 is 5.69 Å². The molecule has 0 aromatic carbocycles. The van der Waals surface area contributed by atoms with Gasteiger partial charge in [-0.3, -0.25) is 19.4 Å². The van der Waals surface area contributed by atoms with E-state index in [-0.39, 0.29) is 11.0 Å². The van der Waals surface area contributed by atoms with E-state index in [2.05, 4.69) is 15.2 Å². The van der Waals surface area contributed by atoms with Gasteiger partial charge in [-0.1, -0.05) is 0 Å². The summed E-state index contributed by atoms with van der Waals surface area (Å²) in [6.07, 6.45) is -3.78. The smallest absolute Gasteiger partial charge is 0.331 e. The summed E-state index contributed by atoms with van der Waals surface area (Å²) < 4.78 is 6.24. The zero-order valence-corrected chi connectivity index (χ0v) is 10.1. The maximum Gasteiger partial charge on any atom is 0.331 e. The van der Waals surface area contributed by atoms with Crippen molar-refractivity contribution < 1.29 is 20.1 Å². The number of hydrogen-bond acceptors (Lipinski definition) is 7. The Kier molecular flexibility index (Phi) is 2.94. The largest absolute Gasteiger partial charge is 0.394 e. The predicted molar refractivity (Wildman–Crippen MR) is 64.0 cm³/mol. The Morgan fingerprint density at radius 2 is 2.10 bits per heavy atom. The number of nitrogens with zero attached hydrogens (tertiary/aromatic N) is 2. The van der Waals surface area contributed by atoms with E-state index in [0.717, 1.165) is 4.57 Å². The van der Waals surface area contributed by atoms with Crippen molar-refractivity contribution >= 4 is 11.0 Å². The van der Waals surface area contributed by atoms with E-state index in [4.69, 9.17) is 9.84 Å². The summed E-state index contributed by atoms with van der Waals surface area (Å²) in [5, 5.41) is 34.8. The first-order valence-electron chi connectivity index (χ1n) is 5.85. The third-order valence-corrected chi connectivity index (χ3v) is 3.32. The lowest BCUT2D eigenvalue weighted by molar-refractivity contribution is -0.0527. The highest BCUT2D eigenvalue weighted by molar-refractivity contribution is 5.72. The molecule has 108 valence electrons. The molecule has 3 rings (SSSR count). The monoisotopic (exact) mass is 284 g/mol. The van der Waals surface area contributed by atoms with E-state index >= 15 is 0 Å². The first kappa shape index (κ1) is 13.0. The van der Waals surface area contributed by atoms with Gasteiger partial charge in [-0.2, -0.15) is 5.10 Å². The van der Waals surface area contributed by atoms with E-state index in [1.807, 2.05) is 0 Å². The van der Waals surface area contributed by atoms with Crippen molar-refractivity contribution in [3.05, 3.63) is 27.0 Å². The van der Waals surface area contributed by atoms with Gasteiger partial charge < -0.3 is 20.1 Å². The van der Waals surface area contributed by atoms with Gasteiger partial charge in [0.05, 0.1) is 18.3 Å². The van der Waals surface area contributed by atoms with E-state index in [0.29, 0.717) is 0 Å². The molecule has 1 saturated heterocycles. The summed E-state index contributed by atoms with van der Waals surface area (Å²) in [7, 11) is 0. The van der Waals surface area contributed by atoms with Gasteiger partial charge in [0.1, 0.15) is 23.8 Å². The molecule has 0 amide bonds. The zero-order valence-electron chi connectivity index (χ0n) is 10.1. The lowest BCUT2D eigenvalue weighted by Gasteiger charge is -2.17. The predicted octanol–water partition coefficient (Wildman–Crippen LogP) is -2.98. The lowest BCUT2D eigenvalue weighted by atomic mass is 10.1. The topological polar surface area (TPSA) is 153 Å². The molecule has 0 spiro atoms. The van der Waals surface area contributed by atoms with Crippen molar-refractivity contribution in [2.75, 3.05) is 6.61 Å². The number of aromatic nitrogens is 4. The van der Waals surface area contributed by atoms with Crippen molar-refractivity contribution in [2.45, 2.75) is 24.5 Å². The van der Waals surface area contributed by atoms with Crippen LogP contribution >= 0.6 is 0 Å². The van der Waals surface area contributed by atoms with Gasteiger partial charge in [0.2, 0.25) is 0 Å². The van der Waals surface area contributed by atoms with Crippen LogP contribution in [0.1, 0.15) is 6.23 Å². The van der Waals surface area contributed by atoms with Crippen molar-refractivity contribution in [1.29, 1.82) is 0 Å². The first-order chi connectivity index (χ1) is 9.54. The molecule has 10 nitrogen and oxygen atoms in total. The molecule has 20 heavy (non-hydrogen) atoms. The molecule has 0 radical (unpaired) electrons. The van der Waals surface area contributed by atoms with Crippen molar-refractivity contribution in [3.63, 3.8) is 0 Å². The molecule has 0 unspecified atom stereocenters. The van der Waals surface area contributed by atoms with E-state index in [1.165, 1.54) is 6.20 Å². The molecule has 1 fully saturated rings. The fourth-order valence-corrected chi connectivity index (χ4v) is 2.30. The highest BCUT2D eigenvalue weighted by Gasteiger charge is 2.44. The lowest BCUT2D eigenvalue weighted by Crippen LogP contribution is -2.38. The maximum absolute atomic E-state index is 11.9. The van der Waals surface area contributed by atoms with Gasteiger partial charge in [-0.05, 0) is 0 Å². The standard InChI is InChI=1S/C10H12N4O6/c15-2-4-6(16)7(17)9(20-4)14-3-1-11-13-5(3)8(18)12-10(14)19/h1,4,6-7,9,15-17H,2H2,(H,11,13)(H,12,18,19)/t4-,6-,7-,9-/m1/s1. The molecule has 2 aromatic rings. The molecule has 5 N–H and O–H groups in total. The minimum absolute atomic E-state index is 0.0438. The van der Waals surface area contributed by atoms with Gasteiger partial charge in [-0.15, -0.1) is 0 Å². The molecule has 1 aliphatic heterocycles. The summed E-state index contributed by atoms with van der Waals surface area (Å²) in [5.74, 6) is 0. The van der Waals surface area contributed by atoms with E-state index in [1.54, 1.807) is 0 Å². The maximum atomic E-state index is 11.9. The van der Waals surface area contributed by atoms with Crippen LogP contribution in [-0.4, -0.2) is 60.0 Å². The average molecular weight is 284 g/mol. The fraction of sp³-hybridized carbons (Fsp3) is 0.500. The van der Waals surface area contributed by atoms with Crippen LogP contribution < -0.4 is 11.2 Å². The van der Waals surface area contributed by atoms with Gasteiger partial charge in [0.15, 0.2) is 6.23 Å². The van der Waals surface area contributed by atoms with Crippen LogP contribution in [0.2, 0.25) is 0 Å². The van der Waals surface area contributed by atoms with Crippen molar-refractivity contribution in [1.82, 2.24) is 19.7 Å². The zero-order chi connectivity index (χ0) is 14.4. The molecule has 3 heterocycles. The Labute approximate surface area is 110 Å². The van der Waals surface area contributed by atoms with Crippen LogP contribution in [0.3, 0.4) is 0 Å². The highest BCUT2D eigenvalue weighted by atomic mass is 16.6. The SMILES string of the molecule is O=c1[nH]c(=O)n([C@@H]2O[C@H](CO)[C@@H](O)[C@H]2O)c2cn[nH]c12. The van der Waals surface area contributed by atoms with Crippen LogP contribution in [-0.2, 0) is 4.74 Å². The normalized spacial score (nSPS) is 30.1. The Balaban J connectivity index is 2.18. The second-order valence-electron chi connectivity index (χ2n) is 4.49. The summed E-state index contributed by atoms with van der Waals surface area (Å²) >= 11 is 0. The Morgan fingerprint density at radius 3 is 2.75 bits per heavy atom. The third-order valence-electron chi connectivity index (χ3n) is 3.32. The number of ether oxygens (including phenoxy) is 1. The third kappa shape index (κ3) is 1.70. The Bertz CT molecular complexity index is 748. The number of aliphatic hydroxyl groups is 3. The van der Waals surface area contributed by atoms with Gasteiger partial charge in [-0.25, -0.2) is 4.79 Å². The van der Waals surface area contributed by atoms with Gasteiger partial charge in [0.25, 0.3) is 5.56 Å². The Hall–Kier alpha value is -2.01. The van der Waals surface area contributed by atoms with Crippen LogP contribution in [0, 0.1) is 0 Å². The number of nitrogens with one attached hydrogen (secondary N) is 2. The van der Waals surface area contributed by atoms with Gasteiger partial charge in [0, 0.05) is 0 Å². The number of H-pyrrole nitrogens is 2. The summed E-state index contributed by atoms with van der Waals surface area (Å²) in [6, 6.07) is 0. The summed E-state index contributed by atoms with van der Waals surface area (Å²) in [4.78, 5) is 25.5. The number of aliphatic hydroxyl groups excluding tert-OH is 3. The molecular weight excluding hydrogens is 272 g/mol. The number of hydrogen-bond donors (Lipinski definition) is 5. The van der Waals surface area contributed by atoms with Crippen LogP contribution in [0.25, 0.3) is 11.0 Å². The molecule has 0 saturated carbocycles. The van der Waals surface area contributed by atoms with Crippen molar-refractivity contribution in [2.24, 2.45) is 0 Å². The molecular formula is C10H12N4O6. The minimum Gasteiger partial charge on any atom is -0.394 e.